The molecule has 0 aromatic heterocycles. The van der Waals surface area contributed by atoms with Crippen LogP contribution in [-0.2, 0) is 4.79 Å². The maximum Gasteiger partial charge on any atom is 0.277 e. The molecule has 0 unspecified atom stereocenters. The number of carbonyl (C=O) groups excluding carboxylic acids is 1. The zero-order valence-corrected chi connectivity index (χ0v) is 12.9. The first-order valence-corrected chi connectivity index (χ1v) is 7.00. The molecule has 0 radical (unpaired) electrons. The number of aryl methyl sites for hydroxylation is 2. The number of ether oxygens (including phenoxy) is 1. The van der Waals surface area contributed by atoms with Gasteiger partial charge in [0, 0.05) is 11.6 Å². The third kappa shape index (κ3) is 4.47. The van der Waals surface area contributed by atoms with Crippen LogP contribution in [0.25, 0.3) is 0 Å². The van der Waals surface area contributed by atoms with Crippen molar-refractivity contribution in [1.29, 1.82) is 0 Å². The van der Waals surface area contributed by atoms with Gasteiger partial charge in [-0.15, -0.1) is 0 Å². The monoisotopic (exact) mass is 314 g/mol. The van der Waals surface area contributed by atoms with Crippen LogP contribution in [0.4, 0.5) is 0 Å². The van der Waals surface area contributed by atoms with E-state index in [1.165, 1.54) is 24.4 Å². The molecule has 0 saturated heterocycles. The molecular formula is C17H18N2O4. The van der Waals surface area contributed by atoms with E-state index in [4.69, 9.17) is 4.74 Å². The Bertz CT molecular complexity index is 721. The first kappa shape index (κ1) is 16.4. The number of hydrogen-bond donors (Lipinski definition) is 3. The largest absolute Gasteiger partial charge is 0.508 e. The van der Waals surface area contributed by atoms with Gasteiger partial charge in [-0.3, -0.25) is 4.79 Å². The fourth-order valence-electron chi connectivity index (χ4n) is 2.01. The van der Waals surface area contributed by atoms with E-state index in [1.807, 2.05) is 32.0 Å². The number of nitrogens with one attached hydrogen (secondary N) is 1. The summed E-state index contributed by atoms with van der Waals surface area (Å²) in [6.07, 6.45) is 1.28. The van der Waals surface area contributed by atoms with E-state index in [9.17, 15) is 15.0 Å². The van der Waals surface area contributed by atoms with Crippen LogP contribution in [0.5, 0.6) is 17.2 Å². The molecule has 23 heavy (non-hydrogen) atoms. The summed E-state index contributed by atoms with van der Waals surface area (Å²) < 4.78 is 5.50. The molecule has 0 heterocycles. The lowest BCUT2D eigenvalue weighted by molar-refractivity contribution is -0.123. The van der Waals surface area contributed by atoms with Gasteiger partial charge in [-0.25, -0.2) is 5.43 Å². The standard InChI is InChI=1S/C17H18N2O4/c1-11-4-3-5-12(2)17(11)23-10-16(22)19-18-9-13-6-7-14(20)8-15(13)21/h3-9,20-21H,10H2,1-2H3,(H,19,22). The van der Waals surface area contributed by atoms with Crippen LogP contribution >= 0.6 is 0 Å². The van der Waals surface area contributed by atoms with E-state index in [0.717, 1.165) is 11.1 Å². The summed E-state index contributed by atoms with van der Waals surface area (Å²) in [5.41, 5.74) is 4.60. The fraction of sp³-hybridized carbons (Fsp3) is 0.176. The van der Waals surface area contributed by atoms with E-state index >= 15 is 0 Å². The Hall–Kier alpha value is -3.02. The Labute approximate surface area is 134 Å². The first-order chi connectivity index (χ1) is 11.0. The second-order valence-corrected chi connectivity index (χ2v) is 5.05. The Morgan fingerprint density at radius 1 is 1.22 bits per heavy atom. The molecule has 3 N–H and O–H groups in total. The van der Waals surface area contributed by atoms with E-state index in [0.29, 0.717) is 11.3 Å². The number of hydrazone groups is 1. The van der Waals surface area contributed by atoms with Gasteiger partial charge >= 0.3 is 0 Å². The van der Waals surface area contributed by atoms with Gasteiger partial charge in [-0.1, -0.05) is 18.2 Å². The topological polar surface area (TPSA) is 91.2 Å². The van der Waals surface area contributed by atoms with Crippen LogP contribution in [0, 0.1) is 13.8 Å². The number of rotatable bonds is 5. The van der Waals surface area contributed by atoms with Crippen LogP contribution < -0.4 is 10.2 Å². The van der Waals surface area contributed by atoms with E-state index in [-0.39, 0.29) is 18.1 Å². The zero-order chi connectivity index (χ0) is 16.8. The number of aromatic hydroxyl groups is 2. The van der Waals surface area contributed by atoms with Gasteiger partial charge in [0.25, 0.3) is 5.91 Å². The minimum atomic E-state index is -0.415. The summed E-state index contributed by atoms with van der Waals surface area (Å²) in [6, 6.07) is 9.82. The SMILES string of the molecule is Cc1cccc(C)c1OCC(=O)NN=Cc1ccc(O)cc1O. The molecule has 0 bridgehead atoms. The Morgan fingerprint density at radius 3 is 2.57 bits per heavy atom. The lowest BCUT2D eigenvalue weighted by Gasteiger charge is -2.10. The molecule has 120 valence electrons. The van der Waals surface area contributed by atoms with Gasteiger partial charge in [-0.05, 0) is 37.1 Å². The molecule has 2 aromatic carbocycles. The van der Waals surface area contributed by atoms with Crippen LogP contribution in [0.3, 0.4) is 0 Å². The first-order valence-electron chi connectivity index (χ1n) is 7.00. The highest BCUT2D eigenvalue weighted by Crippen LogP contribution is 2.22. The number of phenolic OH excluding ortho intramolecular Hbond substituents is 2. The smallest absolute Gasteiger partial charge is 0.277 e. The van der Waals surface area contributed by atoms with Crippen molar-refractivity contribution in [3.63, 3.8) is 0 Å². The molecule has 0 saturated carbocycles. The van der Waals surface area contributed by atoms with Crippen molar-refractivity contribution >= 4 is 12.1 Å². The van der Waals surface area contributed by atoms with E-state index < -0.39 is 5.91 Å². The molecule has 2 rings (SSSR count). The van der Waals surface area contributed by atoms with Crippen molar-refractivity contribution < 1.29 is 19.7 Å². The average Bonchev–Trinajstić information content (AvgIpc) is 2.49. The molecule has 0 aliphatic heterocycles. The van der Waals surface area contributed by atoms with Crippen LogP contribution in [-0.4, -0.2) is 28.9 Å². The molecule has 6 nitrogen and oxygen atoms in total. The number of benzene rings is 2. The third-order valence-corrected chi connectivity index (χ3v) is 3.16. The molecule has 0 atom stereocenters. The Kier molecular flexibility index (Phi) is 5.19. The predicted molar refractivity (Wildman–Crippen MR) is 86.9 cm³/mol. The minimum absolute atomic E-state index is 0.0503. The third-order valence-electron chi connectivity index (χ3n) is 3.16. The molecule has 0 aliphatic carbocycles. The molecular weight excluding hydrogens is 296 g/mol. The summed E-state index contributed by atoms with van der Waals surface area (Å²) in [7, 11) is 0. The summed E-state index contributed by atoms with van der Waals surface area (Å²) in [5, 5.41) is 22.5. The van der Waals surface area contributed by atoms with Crippen LogP contribution in [0.1, 0.15) is 16.7 Å². The number of nitrogens with zero attached hydrogens (tertiary/aromatic N) is 1. The van der Waals surface area contributed by atoms with Crippen molar-refractivity contribution in [2.75, 3.05) is 6.61 Å². The summed E-state index contributed by atoms with van der Waals surface area (Å²) in [4.78, 5) is 11.7. The number of phenols is 2. The van der Waals surface area contributed by atoms with Crippen molar-refractivity contribution in [2.45, 2.75) is 13.8 Å². The van der Waals surface area contributed by atoms with Gasteiger partial charge in [0.1, 0.15) is 17.2 Å². The molecule has 1 amide bonds. The van der Waals surface area contributed by atoms with Gasteiger partial charge in [-0.2, -0.15) is 5.10 Å². The lowest BCUT2D eigenvalue weighted by atomic mass is 10.1. The fourth-order valence-corrected chi connectivity index (χ4v) is 2.01. The van der Waals surface area contributed by atoms with Gasteiger partial charge in [0.2, 0.25) is 0 Å². The van der Waals surface area contributed by atoms with Crippen molar-refractivity contribution in [3.8, 4) is 17.2 Å². The quantitative estimate of drug-likeness (QED) is 0.583. The zero-order valence-electron chi connectivity index (χ0n) is 12.9. The Balaban J connectivity index is 1.89. The highest BCUT2D eigenvalue weighted by molar-refractivity contribution is 5.85. The highest BCUT2D eigenvalue weighted by Gasteiger charge is 2.06. The molecule has 6 heteroatoms. The number of hydrogen-bond acceptors (Lipinski definition) is 5. The number of amides is 1. The second-order valence-electron chi connectivity index (χ2n) is 5.05. The molecule has 0 fully saturated rings. The van der Waals surface area contributed by atoms with Gasteiger partial charge < -0.3 is 14.9 Å². The van der Waals surface area contributed by atoms with Crippen molar-refractivity contribution in [3.05, 3.63) is 53.1 Å². The molecule has 0 spiro atoms. The second kappa shape index (κ2) is 7.31. The predicted octanol–water partition coefficient (Wildman–Crippen LogP) is 2.24. The van der Waals surface area contributed by atoms with Crippen molar-refractivity contribution in [1.82, 2.24) is 5.43 Å². The maximum absolute atomic E-state index is 11.7. The van der Waals surface area contributed by atoms with Gasteiger partial charge in [0.15, 0.2) is 6.61 Å². The minimum Gasteiger partial charge on any atom is -0.508 e. The lowest BCUT2D eigenvalue weighted by Crippen LogP contribution is -2.25. The number of para-hydroxylation sites is 1. The molecule has 2 aromatic rings. The van der Waals surface area contributed by atoms with Gasteiger partial charge in [0.05, 0.1) is 6.21 Å². The van der Waals surface area contributed by atoms with Crippen molar-refractivity contribution in [2.24, 2.45) is 5.10 Å². The molecule has 0 aliphatic rings. The average molecular weight is 314 g/mol. The normalized spacial score (nSPS) is 10.7. The van der Waals surface area contributed by atoms with Crippen LogP contribution in [0.2, 0.25) is 0 Å². The summed E-state index contributed by atoms with van der Waals surface area (Å²) >= 11 is 0. The Morgan fingerprint density at radius 2 is 1.91 bits per heavy atom. The van der Waals surface area contributed by atoms with E-state index in [2.05, 4.69) is 10.5 Å². The number of carbonyl (C=O) groups is 1. The summed E-state index contributed by atoms with van der Waals surface area (Å²) in [6.45, 7) is 3.66. The highest BCUT2D eigenvalue weighted by atomic mass is 16.5. The van der Waals surface area contributed by atoms with Crippen LogP contribution in [0.15, 0.2) is 41.5 Å². The van der Waals surface area contributed by atoms with E-state index in [1.54, 1.807) is 0 Å². The maximum atomic E-state index is 11.7. The summed E-state index contributed by atoms with van der Waals surface area (Å²) in [5.74, 6) is 0.0884.